The molecule has 1 aromatic carbocycles. The molecule has 0 fully saturated rings. The summed E-state index contributed by atoms with van der Waals surface area (Å²) in [6.07, 6.45) is 1.69. The molecule has 3 aromatic rings. The molecule has 0 aliphatic heterocycles. The second-order valence-electron chi connectivity index (χ2n) is 4.59. The summed E-state index contributed by atoms with van der Waals surface area (Å²) >= 11 is 1.22. The van der Waals surface area contributed by atoms with Gasteiger partial charge >= 0.3 is 0 Å². The summed E-state index contributed by atoms with van der Waals surface area (Å²) in [7, 11) is 0. The predicted octanol–water partition coefficient (Wildman–Crippen LogP) is 2.59. The van der Waals surface area contributed by atoms with Gasteiger partial charge in [-0.05, 0) is 11.6 Å². The Balaban J connectivity index is 1.97. The number of nitrogens with zero attached hydrogens (tertiary/aromatic N) is 1. The smallest absolute Gasteiger partial charge is 0.260 e. The Bertz CT molecular complexity index is 798. The van der Waals surface area contributed by atoms with E-state index < -0.39 is 5.91 Å². The summed E-state index contributed by atoms with van der Waals surface area (Å²) in [6, 6.07) is 11.9. The van der Waals surface area contributed by atoms with Gasteiger partial charge in [0.25, 0.3) is 5.91 Å². The Hall–Kier alpha value is -2.60. The van der Waals surface area contributed by atoms with Crippen molar-refractivity contribution in [2.24, 2.45) is 5.73 Å². The van der Waals surface area contributed by atoms with Gasteiger partial charge in [-0.1, -0.05) is 30.3 Å². The fourth-order valence-electron chi connectivity index (χ4n) is 2.17. The number of anilines is 2. The third kappa shape index (κ3) is 2.53. The van der Waals surface area contributed by atoms with Crippen LogP contribution in [0, 0.1) is 0 Å². The van der Waals surface area contributed by atoms with E-state index in [1.807, 2.05) is 36.4 Å². The fraction of sp³-hybridized carbons (Fsp3) is 0.0667. The van der Waals surface area contributed by atoms with Crippen molar-refractivity contribution in [3.63, 3.8) is 0 Å². The number of hydrogen-bond acceptors (Lipinski definition) is 5. The molecule has 0 saturated heterocycles. The number of amides is 1. The Morgan fingerprint density at radius 2 is 2.00 bits per heavy atom. The first kappa shape index (κ1) is 13.4. The number of thiophene rings is 1. The lowest BCUT2D eigenvalue weighted by Gasteiger charge is -2.08. The SMILES string of the molecule is NC(=O)c1sc2nccc(NCc3ccccc3)c2c1N. The van der Waals surface area contributed by atoms with Crippen molar-refractivity contribution in [1.29, 1.82) is 0 Å². The number of carbonyl (C=O) groups excluding carboxylic acids is 1. The van der Waals surface area contributed by atoms with Crippen molar-refractivity contribution in [2.45, 2.75) is 6.54 Å². The highest BCUT2D eigenvalue weighted by Crippen LogP contribution is 2.36. The minimum atomic E-state index is -0.524. The van der Waals surface area contributed by atoms with E-state index in [4.69, 9.17) is 11.5 Å². The zero-order valence-corrected chi connectivity index (χ0v) is 12.0. The van der Waals surface area contributed by atoms with Crippen LogP contribution in [0.1, 0.15) is 15.2 Å². The number of benzene rings is 1. The largest absolute Gasteiger partial charge is 0.397 e. The van der Waals surface area contributed by atoms with Gasteiger partial charge in [0, 0.05) is 18.4 Å². The molecule has 0 atom stereocenters. The lowest BCUT2D eigenvalue weighted by atomic mass is 10.2. The lowest BCUT2D eigenvalue weighted by molar-refractivity contribution is 0.100. The summed E-state index contributed by atoms with van der Waals surface area (Å²) in [4.78, 5) is 16.7. The molecule has 2 heterocycles. The molecule has 3 rings (SSSR count). The maximum Gasteiger partial charge on any atom is 0.260 e. The molecule has 106 valence electrons. The van der Waals surface area contributed by atoms with Crippen LogP contribution in [-0.2, 0) is 6.54 Å². The van der Waals surface area contributed by atoms with Crippen LogP contribution in [0.25, 0.3) is 10.2 Å². The number of primary amides is 1. The zero-order chi connectivity index (χ0) is 14.8. The predicted molar refractivity (Wildman–Crippen MR) is 86.3 cm³/mol. The minimum Gasteiger partial charge on any atom is -0.397 e. The molecule has 0 saturated carbocycles. The number of carbonyl (C=O) groups is 1. The number of rotatable bonds is 4. The molecule has 5 N–H and O–H groups in total. The fourth-order valence-corrected chi connectivity index (χ4v) is 3.11. The van der Waals surface area contributed by atoms with Crippen LogP contribution in [0.15, 0.2) is 42.6 Å². The molecule has 0 radical (unpaired) electrons. The quantitative estimate of drug-likeness (QED) is 0.690. The Labute approximate surface area is 125 Å². The number of pyridine rings is 1. The van der Waals surface area contributed by atoms with Crippen LogP contribution in [0.2, 0.25) is 0 Å². The topological polar surface area (TPSA) is 94.0 Å². The van der Waals surface area contributed by atoms with E-state index in [2.05, 4.69) is 10.3 Å². The molecule has 0 spiro atoms. The molecule has 21 heavy (non-hydrogen) atoms. The highest BCUT2D eigenvalue weighted by Gasteiger charge is 2.17. The number of nitrogens with two attached hydrogens (primary N) is 2. The van der Waals surface area contributed by atoms with E-state index >= 15 is 0 Å². The average molecular weight is 298 g/mol. The normalized spacial score (nSPS) is 10.7. The molecule has 0 bridgehead atoms. The summed E-state index contributed by atoms with van der Waals surface area (Å²) in [6.45, 7) is 0.668. The maximum absolute atomic E-state index is 11.4. The van der Waals surface area contributed by atoms with Gasteiger partial charge in [-0.3, -0.25) is 4.79 Å². The Kier molecular flexibility index (Phi) is 3.45. The van der Waals surface area contributed by atoms with Gasteiger partial charge in [0.1, 0.15) is 9.71 Å². The number of nitrogens with one attached hydrogen (secondary N) is 1. The second-order valence-corrected chi connectivity index (χ2v) is 5.59. The number of aromatic nitrogens is 1. The molecule has 6 heteroatoms. The van der Waals surface area contributed by atoms with Gasteiger partial charge in [-0.25, -0.2) is 4.98 Å². The Morgan fingerprint density at radius 1 is 1.24 bits per heavy atom. The summed E-state index contributed by atoms with van der Waals surface area (Å²) in [5.74, 6) is -0.524. The van der Waals surface area contributed by atoms with Gasteiger partial charge in [0.15, 0.2) is 0 Å². The van der Waals surface area contributed by atoms with E-state index in [-0.39, 0.29) is 0 Å². The highest BCUT2D eigenvalue weighted by molar-refractivity contribution is 7.21. The van der Waals surface area contributed by atoms with Crippen molar-refractivity contribution in [3.8, 4) is 0 Å². The van der Waals surface area contributed by atoms with E-state index in [1.54, 1.807) is 6.20 Å². The highest BCUT2D eigenvalue weighted by atomic mass is 32.1. The molecule has 0 aliphatic rings. The first-order valence-corrected chi connectivity index (χ1v) is 7.23. The number of nitrogen functional groups attached to an aromatic ring is 1. The van der Waals surface area contributed by atoms with Gasteiger partial charge in [0.2, 0.25) is 0 Å². The van der Waals surface area contributed by atoms with E-state index in [9.17, 15) is 4.79 Å². The molecule has 0 aliphatic carbocycles. The molecule has 1 amide bonds. The van der Waals surface area contributed by atoms with Crippen LogP contribution < -0.4 is 16.8 Å². The molecule has 5 nitrogen and oxygen atoms in total. The van der Waals surface area contributed by atoms with Gasteiger partial charge < -0.3 is 16.8 Å². The monoisotopic (exact) mass is 298 g/mol. The van der Waals surface area contributed by atoms with Crippen molar-refractivity contribution in [1.82, 2.24) is 4.98 Å². The van der Waals surface area contributed by atoms with Crippen LogP contribution in [0.5, 0.6) is 0 Å². The molecular weight excluding hydrogens is 284 g/mol. The van der Waals surface area contributed by atoms with Crippen molar-refractivity contribution in [2.75, 3.05) is 11.1 Å². The minimum absolute atomic E-state index is 0.353. The molecular formula is C15H14N4OS. The Morgan fingerprint density at radius 3 is 2.71 bits per heavy atom. The van der Waals surface area contributed by atoms with Crippen LogP contribution in [-0.4, -0.2) is 10.9 Å². The van der Waals surface area contributed by atoms with E-state index in [1.165, 1.54) is 11.3 Å². The summed E-state index contributed by atoms with van der Waals surface area (Å²) in [5, 5.41) is 4.09. The van der Waals surface area contributed by atoms with Gasteiger partial charge in [-0.15, -0.1) is 11.3 Å². The first-order valence-electron chi connectivity index (χ1n) is 6.41. The van der Waals surface area contributed by atoms with Crippen LogP contribution >= 0.6 is 11.3 Å². The summed E-state index contributed by atoms with van der Waals surface area (Å²) < 4.78 is 0. The van der Waals surface area contributed by atoms with Crippen LogP contribution in [0.3, 0.4) is 0 Å². The molecule has 0 unspecified atom stereocenters. The zero-order valence-electron chi connectivity index (χ0n) is 11.2. The summed E-state index contributed by atoms with van der Waals surface area (Å²) in [5.41, 5.74) is 13.8. The number of fused-ring (bicyclic) bond motifs is 1. The lowest BCUT2D eigenvalue weighted by Crippen LogP contribution is -2.10. The third-order valence-electron chi connectivity index (χ3n) is 3.18. The van der Waals surface area contributed by atoms with Crippen molar-refractivity contribution in [3.05, 3.63) is 53.0 Å². The molecule has 2 aromatic heterocycles. The maximum atomic E-state index is 11.4. The van der Waals surface area contributed by atoms with E-state index in [0.717, 1.165) is 16.6 Å². The third-order valence-corrected chi connectivity index (χ3v) is 4.31. The first-order chi connectivity index (χ1) is 10.2. The number of hydrogen-bond donors (Lipinski definition) is 3. The average Bonchev–Trinajstić information content (AvgIpc) is 2.84. The standard InChI is InChI=1S/C15H14N4OS/c16-12-11-10(19-8-9-4-2-1-3-5-9)6-7-18-15(11)21-13(12)14(17)20/h1-7H,8,16H2,(H2,17,20)(H,18,19). The second kappa shape index (κ2) is 5.41. The van der Waals surface area contributed by atoms with E-state index in [0.29, 0.717) is 21.9 Å². The van der Waals surface area contributed by atoms with Crippen LogP contribution in [0.4, 0.5) is 11.4 Å². The van der Waals surface area contributed by atoms with Gasteiger partial charge in [-0.2, -0.15) is 0 Å². The van der Waals surface area contributed by atoms with Crippen molar-refractivity contribution < 1.29 is 4.79 Å². The van der Waals surface area contributed by atoms with Gasteiger partial charge in [0.05, 0.1) is 11.1 Å². The van der Waals surface area contributed by atoms with Crippen molar-refractivity contribution >= 4 is 38.8 Å².